The predicted octanol–water partition coefficient (Wildman–Crippen LogP) is 13.4. The van der Waals surface area contributed by atoms with Crippen LogP contribution in [0.1, 0.15) is 259 Å². The zero-order valence-electron chi connectivity index (χ0n) is 41.4. The van der Waals surface area contributed by atoms with Crippen LogP contribution < -0.4 is 10.6 Å². The average Bonchev–Trinajstić information content (AvgIpc) is 3.26. The number of methoxy groups -OCH3 is 1. The molecular formula is C52H103N3O6. The molecule has 1 unspecified atom stereocenters. The van der Waals surface area contributed by atoms with Gasteiger partial charge in [0.1, 0.15) is 18.8 Å². The fourth-order valence-corrected chi connectivity index (χ4v) is 7.84. The first-order valence-corrected chi connectivity index (χ1v) is 26.2. The third-order valence-electron chi connectivity index (χ3n) is 12.0. The summed E-state index contributed by atoms with van der Waals surface area (Å²) in [4.78, 5) is 49.0. The van der Waals surface area contributed by atoms with E-state index in [2.05, 4.69) is 43.2 Å². The Morgan fingerprint density at radius 2 is 0.951 bits per heavy atom. The summed E-state index contributed by atoms with van der Waals surface area (Å²) in [5.41, 5.74) is 0. The number of hydrogen-bond donors (Lipinski definition) is 2. The second-order valence-electron chi connectivity index (χ2n) is 17.7. The quantitative estimate of drug-likeness (QED) is 0.0271. The minimum atomic E-state index is -0.268. The van der Waals surface area contributed by atoms with Gasteiger partial charge in [0, 0.05) is 33.5 Å². The monoisotopic (exact) mass is 866 g/mol. The number of aldehydes is 1. The van der Waals surface area contributed by atoms with E-state index >= 15 is 0 Å². The molecule has 0 fully saturated rings. The number of ether oxygens (including phenoxy) is 2. The largest absolute Gasteiger partial charge is 0.462 e. The highest BCUT2D eigenvalue weighted by atomic mass is 16.5. The first kappa shape index (κ1) is 61.1. The summed E-state index contributed by atoms with van der Waals surface area (Å²) in [5, 5.41) is 5.34. The molecule has 0 bridgehead atoms. The van der Waals surface area contributed by atoms with E-state index in [4.69, 9.17) is 9.47 Å². The fourth-order valence-electron chi connectivity index (χ4n) is 7.84. The standard InChI is InChI=1S/C40H77N3O5.C12H26O/c1-4-6-8-10-15-21-28-37(29-22-16-11-9-7-5-2)48-40(47)30-23-17-14-19-25-33-43(32-24-18-12-13-20-26-35-44)34-27-31-42-39(46)36-38(45)41-3;1-4-6-7-8-9-10-11-12(5-2)13-3/h35,37H,4-34,36H2,1-3H3,(H,41,45)(H,42,46);12H,4-11H2,1-3H3. The highest BCUT2D eigenvalue weighted by Crippen LogP contribution is 2.19. The Hall–Kier alpha value is -2.00. The van der Waals surface area contributed by atoms with Gasteiger partial charge in [-0.1, -0.05) is 169 Å². The molecule has 0 heterocycles. The van der Waals surface area contributed by atoms with Crippen LogP contribution in [0.25, 0.3) is 0 Å². The number of carbonyl (C=O) groups is 4. The molecular weight excluding hydrogens is 763 g/mol. The van der Waals surface area contributed by atoms with Gasteiger partial charge in [0.2, 0.25) is 11.8 Å². The zero-order chi connectivity index (χ0) is 45.3. The van der Waals surface area contributed by atoms with Crippen LogP contribution in [-0.2, 0) is 28.7 Å². The summed E-state index contributed by atoms with van der Waals surface area (Å²) in [5.74, 6) is -0.502. The van der Waals surface area contributed by atoms with Gasteiger partial charge in [0.25, 0.3) is 0 Å². The highest BCUT2D eigenvalue weighted by Gasteiger charge is 2.15. The number of carbonyl (C=O) groups excluding carboxylic acids is 4. The van der Waals surface area contributed by atoms with Crippen molar-refractivity contribution in [3.05, 3.63) is 0 Å². The molecule has 9 heteroatoms. The second kappa shape index (κ2) is 50.6. The molecule has 2 amide bonds. The van der Waals surface area contributed by atoms with Gasteiger partial charge in [-0.2, -0.15) is 0 Å². The van der Waals surface area contributed by atoms with Gasteiger partial charge in [0.05, 0.1) is 6.10 Å². The molecule has 0 saturated carbocycles. The van der Waals surface area contributed by atoms with Gasteiger partial charge in [0.15, 0.2) is 0 Å². The molecule has 2 N–H and O–H groups in total. The van der Waals surface area contributed by atoms with Crippen LogP contribution in [0.2, 0.25) is 0 Å². The highest BCUT2D eigenvalue weighted by molar-refractivity contribution is 5.96. The molecule has 0 spiro atoms. The predicted molar refractivity (Wildman–Crippen MR) is 259 cm³/mol. The van der Waals surface area contributed by atoms with E-state index in [1.807, 2.05) is 7.11 Å². The molecule has 0 aliphatic heterocycles. The molecule has 0 saturated heterocycles. The van der Waals surface area contributed by atoms with Gasteiger partial charge in [-0.3, -0.25) is 14.4 Å². The summed E-state index contributed by atoms with van der Waals surface area (Å²) in [6.07, 6.45) is 42.5. The number of unbranched alkanes of at least 4 members (excludes halogenated alkanes) is 24. The number of nitrogens with zero attached hydrogens (tertiary/aromatic N) is 1. The number of esters is 1. The topological polar surface area (TPSA) is 114 Å². The minimum Gasteiger partial charge on any atom is -0.462 e. The summed E-state index contributed by atoms with van der Waals surface area (Å²) >= 11 is 0. The van der Waals surface area contributed by atoms with Crippen molar-refractivity contribution in [1.82, 2.24) is 15.5 Å². The summed E-state index contributed by atoms with van der Waals surface area (Å²) in [6.45, 7) is 12.6. The van der Waals surface area contributed by atoms with E-state index < -0.39 is 0 Å². The molecule has 362 valence electrons. The van der Waals surface area contributed by atoms with Crippen molar-refractivity contribution < 1.29 is 28.7 Å². The van der Waals surface area contributed by atoms with Crippen LogP contribution in [0, 0.1) is 0 Å². The van der Waals surface area contributed by atoms with E-state index in [-0.39, 0.29) is 30.3 Å². The molecule has 0 aliphatic rings. The minimum absolute atomic E-state index is 0.00304. The fraction of sp³-hybridized carbons (Fsp3) is 0.923. The Bertz CT molecular complexity index is 930. The zero-order valence-corrected chi connectivity index (χ0v) is 41.4. The average molecular weight is 866 g/mol. The van der Waals surface area contributed by atoms with Crippen LogP contribution in [0.15, 0.2) is 0 Å². The number of rotatable bonds is 46. The van der Waals surface area contributed by atoms with E-state index in [1.54, 1.807) is 0 Å². The Morgan fingerprint density at radius 3 is 1.41 bits per heavy atom. The van der Waals surface area contributed by atoms with Gasteiger partial charge in [-0.05, 0) is 90.3 Å². The maximum absolute atomic E-state index is 12.7. The van der Waals surface area contributed by atoms with E-state index in [0.29, 0.717) is 25.5 Å². The molecule has 0 rings (SSSR count). The number of amides is 2. The van der Waals surface area contributed by atoms with Crippen LogP contribution in [0.4, 0.5) is 0 Å². The van der Waals surface area contributed by atoms with Crippen molar-refractivity contribution in [1.29, 1.82) is 0 Å². The normalized spacial score (nSPS) is 11.7. The Morgan fingerprint density at radius 1 is 0.525 bits per heavy atom. The first-order chi connectivity index (χ1) is 29.8. The molecule has 9 nitrogen and oxygen atoms in total. The van der Waals surface area contributed by atoms with Gasteiger partial charge in [-0.15, -0.1) is 0 Å². The van der Waals surface area contributed by atoms with E-state index in [0.717, 1.165) is 103 Å². The lowest BCUT2D eigenvalue weighted by Gasteiger charge is -2.22. The maximum Gasteiger partial charge on any atom is 0.306 e. The van der Waals surface area contributed by atoms with Crippen molar-refractivity contribution in [3.8, 4) is 0 Å². The van der Waals surface area contributed by atoms with Crippen molar-refractivity contribution in [2.45, 2.75) is 271 Å². The number of hydrogen-bond acceptors (Lipinski definition) is 7. The number of nitrogens with one attached hydrogen (secondary N) is 2. The van der Waals surface area contributed by atoms with Crippen molar-refractivity contribution >= 4 is 24.1 Å². The Kier molecular flexibility index (Phi) is 50.7. The summed E-state index contributed by atoms with van der Waals surface area (Å²) in [6, 6.07) is 0. The van der Waals surface area contributed by atoms with E-state index in [9.17, 15) is 19.2 Å². The molecule has 1 atom stereocenters. The van der Waals surface area contributed by atoms with Crippen LogP contribution in [0.3, 0.4) is 0 Å². The molecule has 61 heavy (non-hydrogen) atoms. The molecule has 0 aromatic carbocycles. The molecule has 0 aromatic heterocycles. The van der Waals surface area contributed by atoms with Gasteiger partial charge in [-0.25, -0.2) is 0 Å². The summed E-state index contributed by atoms with van der Waals surface area (Å²) in [7, 11) is 3.36. The van der Waals surface area contributed by atoms with Crippen LogP contribution in [0.5, 0.6) is 0 Å². The van der Waals surface area contributed by atoms with Gasteiger partial charge < -0.3 is 29.8 Å². The van der Waals surface area contributed by atoms with Crippen LogP contribution in [-0.4, -0.2) is 81.5 Å². The third-order valence-corrected chi connectivity index (χ3v) is 12.0. The lowest BCUT2D eigenvalue weighted by molar-refractivity contribution is -0.150. The summed E-state index contributed by atoms with van der Waals surface area (Å²) < 4.78 is 11.3. The lowest BCUT2D eigenvalue weighted by atomic mass is 10.0. The molecule has 0 aliphatic carbocycles. The molecule has 0 aromatic rings. The van der Waals surface area contributed by atoms with Crippen molar-refractivity contribution in [3.63, 3.8) is 0 Å². The van der Waals surface area contributed by atoms with E-state index in [1.165, 1.54) is 142 Å². The Labute approximate surface area is 378 Å². The maximum atomic E-state index is 12.7. The first-order valence-electron chi connectivity index (χ1n) is 26.2. The van der Waals surface area contributed by atoms with Gasteiger partial charge >= 0.3 is 5.97 Å². The van der Waals surface area contributed by atoms with Crippen molar-refractivity contribution in [2.75, 3.05) is 40.3 Å². The van der Waals surface area contributed by atoms with Crippen molar-refractivity contribution in [2.24, 2.45) is 0 Å². The third kappa shape index (κ3) is 47.3. The molecule has 0 radical (unpaired) electrons. The second-order valence-corrected chi connectivity index (χ2v) is 17.7. The Balaban J connectivity index is 0. The smallest absolute Gasteiger partial charge is 0.306 e. The SMILES string of the molecule is CCCCCCCCC(CC)OC.CCCCCCCCC(CCCCCCCC)OC(=O)CCCCCCCN(CCCCCCCC=O)CCCNC(=O)CC(=O)NC. The lowest BCUT2D eigenvalue weighted by Crippen LogP contribution is -2.33. The van der Waals surface area contributed by atoms with Crippen LogP contribution >= 0.6 is 0 Å².